The molecule has 0 amide bonds. The fraction of sp³-hybridized carbons (Fsp3) is 0.909. The molecule has 1 N–H and O–H groups in total. The summed E-state index contributed by atoms with van der Waals surface area (Å²) in [5, 5.41) is 8.73. The van der Waals surface area contributed by atoms with Gasteiger partial charge in [0.15, 0.2) is 0 Å². The van der Waals surface area contributed by atoms with Gasteiger partial charge in [0.1, 0.15) is 5.25 Å². The van der Waals surface area contributed by atoms with E-state index in [0.717, 1.165) is 25.4 Å². The molecule has 0 saturated heterocycles. The molecular formula is C11H23NO2S. The van der Waals surface area contributed by atoms with Gasteiger partial charge in [-0.1, -0.05) is 27.7 Å². The Labute approximate surface area is 97.2 Å². The van der Waals surface area contributed by atoms with Crippen molar-refractivity contribution in [2.24, 2.45) is 5.92 Å². The number of rotatable bonds is 8. The van der Waals surface area contributed by atoms with Gasteiger partial charge in [-0.3, -0.25) is 4.79 Å². The summed E-state index contributed by atoms with van der Waals surface area (Å²) in [5.41, 5.74) is 0. The number of aliphatic carboxylic acids is 1. The maximum absolute atomic E-state index is 10.9. The molecule has 90 valence electrons. The summed E-state index contributed by atoms with van der Waals surface area (Å²) in [5.74, 6) is 0.412. The molecule has 0 spiro atoms. The Morgan fingerprint density at radius 1 is 1.33 bits per heavy atom. The van der Waals surface area contributed by atoms with Crippen LogP contribution in [0.25, 0.3) is 0 Å². The van der Waals surface area contributed by atoms with E-state index >= 15 is 0 Å². The zero-order valence-corrected chi connectivity index (χ0v) is 11.0. The predicted molar refractivity (Wildman–Crippen MR) is 66.5 cm³/mol. The lowest BCUT2D eigenvalue weighted by atomic mass is 10.1. The molecule has 0 aliphatic rings. The maximum Gasteiger partial charge on any atom is 0.316 e. The Bertz CT molecular complexity index is 181. The monoisotopic (exact) mass is 233 g/mol. The van der Waals surface area contributed by atoms with Gasteiger partial charge in [-0.25, -0.2) is 0 Å². The summed E-state index contributed by atoms with van der Waals surface area (Å²) in [6.45, 7) is 11.2. The first-order valence-electron chi connectivity index (χ1n) is 5.59. The highest BCUT2D eigenvalue weighted by molar-refractivity contribution is 8.00. The van der Waals surface area contributed by atoms with Gasteiger partial charge in [-0.05, 0) is 19.0 Å². The molecular weight excluding hydrogens is 210 g/mol. The molecule has 0 heterocycles. The number of hydrogen-bond donors (Lipinski definition) is 1. The van der Waals surface area contributed by atoms with Gasteiger partial charge >= 0.3 is 5.97 Å². The number of carbonyl (C=O) groups is 1. The molecule has 3 nitrogen and oxygen atoms in total. The third kappa shape index (κ3) is 6.05. The predicted octanol–water partition coefficient (Wildman–Crippen LogP) is 2.17. The summed E-state index contributed by atoms with van der Waals surface area (Å²) >= 11 is 1.56. The second kappa shape index (κ2) is 7.99. The Morgan fingerprint density at radius 2 is 1.87 bits per heavy atom. The van der Waals surface area contributed by atoms with Crippen molar-refractivity contribution < 1.29 is 9.90 Å². The van der Waals surface area contributed by atoms with Crippen LogP contribution in [0.1, 0.15) is 27.7 Å². The molecule has 0 rings (SSSR count). The molecule has 0 aromatic carbocycles. The first-order chi connectivity index (χ1) is 7.02. The van der Waals surface area contributed by atoms with Crippen LogP contribution in [0.5, 0.6) is 0 Å². The van der Waals surface area contributed by atoms with E-state index in [1.807, 2.05) is 13.8 Å². The van der Waals surface area contributed by atoms with Crippen molar-refractivity contribution in [3.05, 3.63) is 0 Å². The van der Waals surface area contributed by atoms with E-state index in [9.17, 15) is 4.79 Å². The van der Waals surface area contributed by atoms with E-state index < -0.39 is 5.97 Å². The van der Waals surface area contributed by atoms with Crippen molar-refractivity contribution in [3.63, 3.8) is 0 Å². The third-order valence-electron chi connectivity index (χ3n) is 2.45. The third-order valence-corrected chi connectivity index (χ3v) is 3.97. The highest BCUT2D eigenvalue weighted by atomic mass is 32.2. The minimum Gasteiger partial charge on any atom is -0.480 e. The average molecular weight is 233 g/mol. The summed E-state index contributed by atoms with van der Waals surface area (Å²) < 4.78 is 0. The molecule has 0 saturated carbocycles. The summed E-state index contributed by atoms with van der Waals surface area (Å²) in [7, 11) is 0. The normalized spacial score (nSPS) is 13.5. The topological polar surface area (TPSA) is 40.5 Å². The molecule has 0 radical (unpaired) electrons. The van der Waals surface area contributed by atoms with Crippen LogP contribution in [0.3, 0.4) is 0 Å². The van der Waals surface area contributed by atoms with Crippen molar-refractivity contribution in [3.8, 4) is 0 Å². The van der Waals surface area contributed by atoms with Gasteiger partial charge in [-0.15, -0.1) is 11.8 Å². The van der Waals surface area contributed by atoms with Gasteiger partial charge in [-0.2, -0.15) is 0 Å². The summed E-state index contributed by atoms with van der Waals surface area (Å²) in [6.07, 6.45) is 0. The van der Waals surface area contributed by atoms with Gasteiger partial charge in [0.05, 0.1) is 0 Å². The first kappa shape index (κ1) is 14.8. The smallest absolute Gasteiger partial charge is 0.316 e. The highest BCUT2D eigenvalue weighted by Gasteiger charge is 2.21. The van der Waals surface area contributed by atoms with Crippen LogP contribution < -0.4 is 0 Å². The number of thioether (sulfide) groups is 1. The van der Waals surface area contributed by atoms with Crippen molar-refractivity contribution in [2.45, 2.75) is 32.9 Å². The largest absolute Gasteiger partial charge is 0.480 e. The second-order valence-corrected chi connectivity index (χ2v) is 5.15. The van der Waals surface area contributed by atoms with E-state index in [4.69, 9.17) is 5.11 Å². The van der Waals surface area contributed by atoms with Crippen LogP contribution in [0.15, 0.2) is 0 Å². The second-order valence-electron chi connectivity index (χ2n) is 3.90. The van der Waals surface area contributed by atoms with Crippen molar-refractivity contribution >= 4 is 17.7 Å². The molecule has 0 aromatic heterocycles. The molecule has 15 heavy (non-hydrogen) atoms. The molecule has 0 aromatic rings. The Balaban J connectivity index is 3.85. The summed E-state index contributed by atoms with van der Waals surface area (Å²) in [6, 6.07) is 0. The number of carboxylic acids is 1. The van der Waals surface area contributed by atoms with Gasteiger partial charge in [0.25, 0.3) is 0 Å². The highest BCUT2D eigenvalue weighted by Crippen LogP contribution is 2.19. The average Bonchev–Trinajstić information content (AvgIpc) is 2.17. The van der Waals surface area contributed by atoms with Crippen molar-refractivity contribution in [1.29, 1.82) is 0 Å². The van der Waals surface area contributed by atoms with E-state index in [0.29, 0.717) is 0 Å². The fourth-order valence-corrected chi connectivity index (χ4v) is 2.54. The molecule has 0 aliphatic heterocycles. The van der Waals surface area contributed by atoms with Gasteiger partial charge in [0.2, 0.25) is 0 Å². The van der Waals surface area contributed by atoms with Gasteiger partial charge < -0.3 is 10.0 Å². The molecule has 0 aliphatic carbocycles. The van der Waals surface area contributed by atoms with Crippen molar-refractivity contribution in [2.75, 3.05) is 25.4 Å². The minimum atomic E-state index is -0.686. The first-order valence-corrected chi connectivity index (χ1v) is 6.64. The van der Waals surface area contributed by atoms with E-state index in [1.54, 1.807) is 11.8 Å². The lowest BCUT2D eigenvalue weighted by Gasteiger charge is -2.20. The zero-order chi connectivity index (χ0) is 11.8. The summed E-state index contributed by atoms with van der Waals surface area (Å²) in [4.78, 5) is 13.2. The number of carboxylic acid groups (broad SMARTS) is 1. The molecule has 0 bridgehead atoms. The molecule has 1 atom stereocenters. The Hall–Kier alpha value is -0.220. The van der Waals surface area contributed by atoms with Crippen LogP contribution in [0, 0.1) is 5.92 Å². The van der Waals surface area contributed by atoms with Crippen LogP contribution in [-0.4, -0.2) is 46.6 Å². The van der Waals surface area contributed by atoms with E-state index in [-0.39, 0.29) is 11.2 Å². The standard InChI is InChI=1S/C11H23NO2S/c1-5-12(6-2)7-8-15-10(9(3)4)11(13)14/h9-10H,5-8H2,1-4H3,(H,13,14). The van der Waals surface area contributed by atoms with Crippen LogP contribution in [0.2, 0.25) is 0 Å². The van der Waals surface area contributed by atoms with E-state index in [2.05, 4.69) is 18.7 Å². The Kier molecular flexibility index (Phi) is 7.88. The maximum atomic E-state index is 10.9. The van der Waals surface area contributed by atoms with Crippen LogP contribution >= 0.6 is 11.8 Å². The lowest BCUT2D eigenvalue weighted by molar-refractivity contribution is -0.137. The van der Waals surface area contributed by atoms with Crippen LogP contribution in [-0.2, 0) is 4.79 Å². The fourth-order valence-electron chi connectivity index (χ4n) is 1.40. The van der Waals surface area contributed by atoms with Crippen molar-refractivity contribution in [1.82, 2.24) is 4.90 Å². The van der Waals surface area contributed by atoms with Gasteiger partial charge in [0, 0.05) is 12.3 Å². The van der Waals surface area contributed by atoms with E-state index in [1.165, 1.54) is 0 Å². The quantitative estimate of drug-likeness (QED) is 0.697. The zero-order valence-electron chi connectivity index (χ0n) is 10.2. The lowest BCUT2D eigenvalue weighted by Crippen LogP contribution is -2.28. The number of nitrogens with zero attached hydrogens (tertiary/aromatic N) is 1. The molecule has 1 unspecified atom stereocenters. The number of hydrogen-bond acceptors (Lipinski definition) is 3. The Morgan fingerprint density at radius 3 is 2.20 bits per heavy atom. The molecule has 0 fully saturated rings. The minimum absolute atomic E-state index is 0.198. The molecule has 4 heteroatoms. The van der Waals surface area contributed by atoms with Crippen LogP contribution in [0.4, 0.5) is 0 Å². The SMILES string of the molecule is CCN(CC)CCSC(C(=O)O)C(C)C.